The molecule has 1 N–H and O–H groups in total. The van der Waals surface area contributed by atoms with Crippen molar-refractivity contribution in [1.82, 2.24) is 25.5 Å². The fourth-order valence-corrected chi connectivity index (χ4v) is 3.23. The van der Waals surface area contributed by atoms with Crippen LogP contribution in [0.25, 0.3) is 5.69 Å². The summed E-state index contributed by atoms with van der Waals surface area (Å²) < 4.78 is 2.39. The Labute approximate surface area is 142 Å². The summed E-state index contributed by atoms with van der Waals surface area (Å²) in [7, 11) is 0. The maximum absolute atomic E-state index is 6.28. The van der Waals surface area contributed by atoms with Gasteiger partial charge in [0.05, 0.1) is 16.1 Å². The van der Waals surface area contributed by atoms with Gasteiger partial charge in [0, 0.05) is 4.47 Å². The maximum atomic E-state index is 6.28. The van der Waals surface area contributed by atoms with E-state index < -0.39 is 0 Å². The fraction of sp³-hybridized carbons (Fsp3) is 0.462. The van der Waals surface area contributed by atoms with E-state index in [4.69, 9.17) is 23.2 Å². The van der Waals surface area contributed by atoms with Gasteiger partial charge in [-0.05, 0) is 41.9 Å². The van der Waals surface area contributed by atoms with Crippen molar-refractivity contribution in [3.8, 4) is 5.69 Å². The van der Waals surface area contributed by atoms with E-state index in [2.05, 4.69) is 50.6 Å². The van der Waals surface area contributed by atoms with E-state index >= 15 is 0 Å². The number of hydrogen-bond donors (Lipinski definition) is 1. The van der Waals surface area contributed by atoms with Gasteiger partial charge in [-0.25, -0.2) is 0 Å². The van der Waals surface area contributed by atoms with Crippen LogP contribution in [0.5, 0.6) is 0 Å². The van der Waals surface area contributed by atoms with E-state index in [1.54, 1.807) is 16.8 Å². The second-order valence-electron chi connectivity index (χ2n) is 5.19. The molecule has 1 aromatic carbocycles. The third-order valence-electron chi connectivity index (χ3n) is 2.91. The van der Waals surface area contributed by atoms with Crippen LogP contribution in [0.4, 0.5) is 0 Å². The molecule has 5 nitrogen and oxygen atoms in total. The average molecular weight is 393 g/mol. The van der Waals surface area contributed by atoms with E-state index in [0.29, 0.717) is 27.5 Å². The zero-order valence-electron chi connectivity index (χ0n) is 11.9. The van der Waals surface area contributed by atoms with Crippen molar-refractivity contribution >= 4 is 39.1 Å². The summed E-state index contributed by atoms with van der Waals surface area (Å²) >= 11 is 15.9. The van der Waals surface area contributed by atoms with Crippen LogP contribution in [-0.4, -0.2) is 26.8 Å². The molecule has 0 bridgehead atoms. The quantitative estimate of drug-likeness (QED) is 0.834. The highest BCUT2D eigenvalue weighted by Gasteiger charge is 2.20. The Balaban J connectivity index is 2.37. The first-order valence-corrected chi connectivity index (χ1v) is 8.11. The predicted molar refractivity (Wildman–Crippen MR) is 88.1 cm³/mol. The zero-order valence-corrected chi connectivity index (χ0v) is 15.0. The lowest BCUT2D eigenvalue weighted by Gasteiger charge is -2.16. The number of rotatable bonds is 5. The van der Waals surface area contributed by atoms with Crippen LogP contribution in [0.2, 0.25) is 10.0 Å². The van der Waals surface area contributed by atoms with Crippen molar-refractivity contribution in [2.24, 2.45) is 5.92 Å². The molecule has 0 amide bonds. The van der Waals surface area contributed by atoms with Gasteiger partial charge in [0.1, 0.15) is 5.69 Å². The third-order valence-corrected chi connectivity index (χ3v) is 3.94. The third kappa shape index (κ3) is 3.94. The summed E-state index contributed by atoms with van der Waals surface area (Å²) in [5, 5.41) is 16.2. The van der Waals surface area contributed by atoms with Crippen molar-refractivity contribution < 1.29 is 0 Å². The molecule has 0 saturated carbocycles. The van der Waals surface area contributed by atoms with Gasteiger partial charge in [-0.2, -0.15) is 4.68 Å². The van der Waals surface area contributed by atoms with Gasteiger partial charge in [0.25, 0.3) is 0 Å². The Bertz CT molecular complexity index is 606. The van der Waals surface area contributed by atoms with Crippen molar-refractivity contribution in [1.29, 1.82) is 0 Å². The number of nitrogens with one attached hydrogen (secondary N) is 1. The van der Waals surface area contributed by atoms with Crippen LogP contribution in [0.15, 0.2) is 16.6 Å². The molecule has 1 heterocycles. The van der Waals surface area contributed by atoms with E-state index in [0.717, 1.165) is 11.0 Å². The van der Waals surface area contributed by atoms with E-state index in [9.17, 15) is 0 Å². The minimum atomic E-state index is -0.0156. The van der Waals surface area contributed by atoms with Crippen LogP contribution in [0.3, 0.4) is 0 Å². The summed E-state index contributed by atoms with van der Waals surface area (Å²) in [5.74, 6) is 1.21. The average Bonchev–Trinajstić information content (AvgIpc) is 2.83. The Kier molecular flexibility index (Phi) is 5.60. The molecule has 0 aliphatic rings. The molecule has 0 aliphatic carbocycles. The first-order chi connectivity index (χ1) is 9.90. The molecule has 0 spiro atoms. The standard InChI is InChI=1S/C13H16BrCl2N5/c1-7(2)6-17-8(3)13-18-19-20-21(13)12-10(15)4-9(14)5-11(12)16/h4-5,7-8,17H,6H2,1-3H3. The molecule has 0 fully saturated rings. The summed E-state index contributed by atoms with van der Waals surface area (Å²) in [6.07, 6.45) is 0. The Hall–Kier alpha value is -0.690. The molecule has 1 aromatic heterocycles. The molecule has 0 aliphatic heterocycles. The van der Waals surface area contributed by atoms with E-state index in [1.807, 2.05) is 6.92 Å². The summed E-state index contributed by atoms with van der Waals surface area (Å²) in [6.45, 7) is 7.16. The molecular formula is C13H16BrCl2N5. The molecule has 114 valence electrons. The number of aromatic nitrogens is 4. The van der Waals surface area contributed by atoms with Gasteiger partial charge in [0.2, 0.25) is 0 Å². The van der Waals surface area contributed by atoms with Crippen molar-refractivity contribution in [2.45, 2.75) is 26.8 Å². The Morgan fingerprint density at radius 1 is 1.24 bits per heavy atom. The molecule has 21 heavy (non-hydrogen) atoms. The number of nitrogens with zero attached hydrogens (tertiary/aromatic N) is 4. The van der Waals surface area contributed by atoms with Crippen LogP contribution >= 0.6 is 39.1 Å². The molecule has 1 atom stereocenters. The minimum Gasteiger partial charge on any atom is -0.307 e. The normalized spacial score (nSPS) is 12.9. The van der Waals surface area contributed by atoms with Crippen LogP contribution < -0.4 is 5.32 Å². The highest BCUT2D eigenvalue weighted by Crippen LogP contribution is 2.32. The maximum Gasteiger partial charge on any atom is 0.173 e. The Morgan fingerprint density at radius 3 is 2.43 bits per heavy atom. The topological polar surface area (TPSA) is 55.6 Å². The zero-order chi connectivity index (χ0) is 15.6. The van der Waals surface area contributed by atoms with Gasteiger partial charge in [-0.15, -0.1) is 5.10 Å². The molecule has 2 aromatic rings. The van der Waals surface area contributed by atoms with Gasteiger partial charge >= 0.3 is 0 Å². The first-order valence-electron chi connectivity index (χ1n) is 6.56. The smallest absolute Gasteiger partial charge is 0.173 e. The second-order valence-corrected chi connectivity index (χ2v) is 6.92. The fourth-order valence-electron chi connectivity index (χ4n) is 1.86. The summed E-state index contributed by atoms with van der Waals surface area (Å²) in [5.41, 5.74) is 0.583. The minimum absolute atomic E-state index is 0.0156. The highest BCUT2D eigenvalue weighted by atomic mass is 79.9. The number of benzene rings is 1. The van der Waals surface area contributed by atoms with Gasteiger partial charge in [-0.3, -0.25) is 0 Å². The van der Waals surface area contributed by atoms with Crippen molar-refractivity contribution in [3.05, 3.63) is 32.5 Å². The lowest BCUT2D eigenvalue weighted by atomic mass is 10.2. The van der Waals surface area contributed by atoms with Crippen molar-refractivity contribution in [3.63, 3.8) is 0 Å². The number of tetrazole rings is 1. The van der Waals surface area contributed by atoms with Gasteiger partial charge in [0.15, 0.2) is 5.82 Å². The molecular weight excluding hydrogens is 377 g/mol. The van der Waals surface area contributed by atoms with E-state index in [-0.39, 0.29) is 6.04 Å². The van der Waals surface area contributed by atoms with Crippen LogP contribution in [0, 0.1) is 5.92 Å². The SMILES string of the molecule is CC(C)CNC(C)c1nnnn1-c1c(Cl)cc(Br)cc1Cl. The predicted octanol–water partition coefficient (Wildman–Crippen LogP) is 4.04. The molecule has 2 rings (SSSR count). The molecule has 8 heteroatoms. The summed E-state index contributed by atoms with van der Waals surface area (Å²) in [6, 6.07) is 3.51. The monoisotopic (exact) mass is 391 g/mol. The number of hydrogen-bond acceptors (Lipinski definition) is 4. The summed E-state index contributed by atoms with van der Waals surface area (Å²) in [4.78, 5) is 0. The van der Waals surface area contributed by atoms with E-state index in [1.165, 1.54) is 0 Å². The van der Waals surface area contributed by atoms with Gasteiger partial charge in [-0.1, -0.05) is 53.0 Å². The van der Waals surface area contributed by atoms with Gasteiger partial charge < -0.3 is 5.32 Å². The largest absolute Gasteiger partial charge is 0.307 e. The lowest BCUT2D eigenvalue weighted by molar-refractivity contribution is 0.475. The van der Waals surface area contributed by atoms with Crippen LogP contribution in [0.1, 0.15) is 32.6 Å². The number of halogens is 3. The van der Waals surface area contributed by atoms with Crippen LogP contribution in [-0.2, 0) is 0 Å². The lowest BCUT2D eigenvalue weighted by Crippen LogP contribution is -2.26. The molecule has 1 unspecified atom stereocenters. The Morgan fingerprint density at radius 2 is 1.86 bits per heavy atom. The first kappa shape index (κ1) is 16.7. The van der Waals surface area contributed by atoms with Crippen molar-refractivity contribution in [2.75, 3.05) is 6.54 Å². The molecule has 0 saturated heterocycles. The highest BCUT2D eigenvalue weighted by molar-refractivity contribution is 9.10. The second kappa shape index (κ2) is 7.05. The molecule has 0 radical (unpaired) electrons.